The molecule has 6 nitrogen and oxygen atoms in total. The molecule has 1 aliphatic rings. The summed E-state index contributed by atoms with van der Waals surface area (Å²) in [5.41, 5.74) is -1.29. The number of hydrogen-bond donors (Lipinski definition) is 2. The Kier molecular flexibility index (Phi) is 3.12. The summed E-state index contributed by atoms with van der Waals surface area (Å²) in [6.45, 7) is 7.40. The summed E-state index contributed by atoms with van der Waals surface area (Å²) in [5.74, 6) is 0.414. The third-order valence-corrected chi connectivity index (χ3v) is 2.98. The Morgan fingerprint density at radius 3 is 2.37 bits per heavy atom. The first-order chi connectivity index (χ1) is 8.73. The van der Waals surface area contributed by atoms with Gasteiger partial charge in [-0.1, -0.05) is 5.16 Å². The second-order valence-electron chi connectivity index (χ2n) is 6.06. The van der Waals surface area contributed by atoms with E-state index >= 15 is 0 Å². The molecule has 1 aromatic heterocycles. The average Bonchev–Trinajstić information content (AvgIpc) is 2.97. The normalized spacial score (nSPS) is 16.8. The van der Waals surface area contributed by atoms with Crippen LogP contribution in [0.1, 0.15) is 39.4 Å². The van der Waals surface area contributed by atoms with Crippen LogP contribution in [0.15, 0.2) is 10.6 Å². The molecule has 1 saturated carbocycles. The Morgan fingerprint density at radius 1 is 1.32 bits per heavy atom. The van der Waals surface area contributed by atoms with Gasteiger partial charge in [0, 0.05) is 11.6 Å². The molecule has 6 heteroatoms. The zero-order chi connectivity index (χ0) is 14.3. The first kappa shape index (κ1) is 13.6. The highest BCUT2D eigenvalue weighted by Gasteiger charge is 2.57. The molecule has 1 fully saturated rings. The summed E-state index contributed by atoms with van der Waals surface area (Å²) in [6.07, 6.45) is 1.13. The standard InChI is InChI=1S/C13H19N3O3/c1-8-7-9(16-19-8)14-10(17)13(5-6-13)11(18)15-12(2,3)4/h7H,5-6H2,1-4H3,(H,15,18)(H,14,16,17). The van der Waals surface area contributed by atoms with Gasteiger partial charge in [-0.25, -0.2) is 0 Å². The van der Waals surface area contributed by atoms with Crippen molar-refractivity contribution in [2.24, 2.45) is 5.41 Å². The first-order valence-electron chi connectivity index (χ1n) is 6.30. The van der Waals surface area contributed by atoms with Crippen LogP contribution in [0, 0.1) is 12.3 Å². The number of nitrogens with zero attached hydrogens (tertiary/aromatic N) is 1. The van der Waals surface area contributed by atoms with Crippen molar-refractivity contribution in [1.82, 2.24) is 10.5 Å². The molecule has 1 aliphatic carbocycles. The van der Waals surface area contributed by atoms with E-state index in [9.17, 15) is 9.59 Å². The van der Waals surface area contributed by atoms with Gasteiger partial charge in [-0.2, -0.15) is 0 Å². The molecular weight excluding hydrogens is 246 g/mol. The highest BCUT2D eigenvalue weighted by atomic mass is 16.5. The van der Waals surface area contributed by atoms with E-state index in [0.29, 0.717) is 24.4 Å². The minimum Gasteiger partial charge on any atom is -0.360 e. The van der Waals surface area contributed by atoms with Crippen molar-refractivity contribution in [1.29, 1.82) is 0 Å². The SMILES string of the molecule is Cc1cc(NC(=O)C2(C(=O)NC(C)(C)C)CC2)no1. The van der Waals surface area contributed by atoms with Crippen molar-refractivity contribution in [2.45, 2.75) is 46.1 Å². The Labute approximate surface area is 111 Å². The van der Waals surface area contributed by atoms with E-state index in [1.807, 2.05) is 20.8 Å². The van der Waals surface area contributed by atoms with Gasteiger partial charge in [0.15, 0.2) is 5.82 Å². The minimum absolute atomic E-state index is 0.224. The summed E-state index contributed by atoms with van der Waals surface area (Å²) in [7, 11) is 0. The molecule has 104 valence electrons. The first-order valence-corrected chi connectivity index (χ1v) is 6.30. The van der Waals surface area contributed by atoms with E-state index in [-0.39, 0.29) is 17.4 Å². The summed E-state index contributed by atoms with van der Waals surface area (Å²) < 4.78 is 4.87. The smallest absolute Gasteiger partial charge is 0.241 e. The highest BCUT2D eigenvalue weighted by molar-refractivity contribution is 6.12. The quantitative estimate of drug-likeness (QED) is 0.813. The van der Waals surface area contributed by atoms with Crippen molar-refractivity contribution in [3.05, 3.63) is 11.8 Å². The van der Waals surface area contributed by atoms with Gasteiger partial charge in [0.05, 0.1) is 0 Å². The van der Waals surface area contributed by atoms with Gasteiger partial charge in [-0.15, -0.1) is 0 Å². The lowest BCUT2D eigenvalue weighted by Gasteiger charge is -2.24. The van der Waals surface area contributed by atoms with Gasteiger partial charge in [-0.05, 0) is 40.5 Å². The number of aromatic nitrogens is 1. The van der Waals surface area contributed by atoms with Gasteiger partial charge in [0.25, 0.3) is 0 Å². The van der Waals surface area contributed by atoms with Crippen LogP contribution in [-0.4, -0.2) is 22.5 Å². The van der Waals surface area contributed by atoms with Crippen molar-refractivity contribution in [3.63, 3.8) is 0 Å². The van der Waals surface area contributed by atoms with E-state index in [1.54, 1.807) is 13.0 Å². The van der Waals surface area contributed by atoms with Gasteiger partial charge < -0.3 is 15.2 Å². The van der Waals surface area contributed by atoms with Gasteiger partial charge >= 0.3 is 0 Å². The molecule has 1 heterocycles. The van der Waals surface area contributed by atoms with Crippen LogP contribution in [0.2, 0.25) is 0 Å². The van der Waals surface area contributed by atoms with Crippen molar-refractivity contribution in [2.75, 3.05) is 5.32 Å². The maximum Gasteiger partial charge on any atom is 0.241 e. The van der Waals surface area contributed by atoms with Crippen LogP contribution < -0.4 is 10.6 Å². The molecule has 0 saturated heterocycles. The van der Waals surface area contributed by atoms with Crippen molar-refractivity contribution in [3.8, 4) is 0 Å². The van der Waals surface area contributed by atoms with E-state index < -0.39 is 5.41 Å². The average molecular weight is 265 g/mol. The Morgan fingerprint density at radius 2 is 1.95 bits per heavy atom. The lowest BCUT2D eigenvalue weighted by molar-refractivity contribution is -0.135. The second-order valence-corrected chi connectivity index (χ2v) is 6.06. The van der Waals surface area contributed by atoms with Crippen molar-refractivity contribution < 1.29 is 14.1 Å². The van der Waals surface area contributed by atoms with Crippen molar-refractivity contribution >= 4 is 17.6 Å². The van der Waals surface area contributed by atoms with Gasteiger partial charge in [0.2, 0.25) is 11.8 Å². The van der Waals surface area contributed by atoms with E-state index in [1.165, 1.54) is 0 Å². The molecule has 2 amide bonds. The molecule has 0 aromatic carbocycles. The molecule has 0 radical (unpaired) electrons. The number of amides is 2. The maximum absolute atomic E-state index is 12.2. The fourth-order valence-corrected chi connectivity index (χ4v) is 1.80. The fraction of sp³-hybridized carbons (Fsp3) is 0.615. The number of carbonyl (C=O) groups excluding carboxylic acids is 2. The number of anilines is 1. The molecule has 0 spiro atoms. The third-order valence-electron chi connectivity index (χ3n) is 2.98. The van der Waals surface area contributed by atoms with E-state index in [0.717, 1.165) is 0 Å². The summed E-state index contributed by atoms with van der Waals surface area (Å²) in [5, 5.41) is 9.17. The van der Waals surface area contributed by atoms with Crippen LogP contribution in [0.5, 0.6) is 0 Å². The second kappa shape index (κ2) is 4.36. The Balaban J connectivity index is 2.04. The highest BCUT2D eigenvalue weighted by Crippen LogP contribution is 2.47. The van der Waals surface area contributed by atoms with Crippen LogP contribution in [0.25, 0.3) is 0 Å². The number of carbonyl (C=O) groups is 2. The third kappa shape index (κ3) is 2.94. The Hall–Kier alpha value is -1.85. The van der Waals surface area contributed by atoms with Crippen LogP contribution in [0.4, 0.5) is 5.82 Å². The summed E-state index contributed by atoms with van der Waals surface area (Å²) in [4.78, 5) is 24.3. The predicted molar refractivity (Wildman–Crippen MR) is 69.4 cm³/mol. The molecule has 19 heavy (non-hydrogen) atoms. The zero-order valence-electron chi connectivity index (χ0n) is 11.7. The maximum atomic E-state index is 12.2. The van der Waals surface area contributed by atoms with Crippen LogP contribution >= 0.6 is 0 Å². The molecule has 0 atom stereocenters. The largest absolute Gasteiger partial charge is 0.360 e. The fourth-order valence-electron chi connectivity index (χ4n) is 1.80. The summed E-state index contributed by atoms with van der Waals surface area (Å²) >= 11 is 0. The molecule has 2 rings (SSSR count). The lowest BCUT2D eigenvalue weighted by atomic mass is 10.0. The topological polar surface area (TPSA) is 84.2 Å². The molecule has 0 aliphatic heterocycles. The molecule has 0 unspecified atom stereocenters. The van der Waals surface area contributed by atoms with Gasteiger partial charge in [-0.3, -0.25) is 9.59 Å². The monoisotopic (exact) mass is 265 g/mol. The lowest BCUT2D eigenvalue weighted by Crippen LogP contribution is -2.48. The molecule has 2 N–H and O–H groups in total. The number of aryl methyl sites for hydroxylation is 1. The molecular formula is C13H19N3O3. The number of nitrogens with one attached hydrogen (secondary N) is 2. The number of hydrogen-bond acceptors (Lipinski definition) is 4. The molecule has 1 aromatic rings. The minimum atomic E-state index is -0.944. The van der Waals surface area contributed by atoms with E-state index in [2.05, 4.69) is 15.8 Å². The summed E-state index contributed by atoms with van der Waals surface area (Å²) in [6, 6.07) is 1.62. The van der Waals surface area contributed by atoms with E-state index in [4.69, 9.17) is 4.52 Å². The van der Waals surface area contributed by atoms with Crippen LogP contribution in [0.3, 0.4) is 0 Å². The Bertz CT molecular complexity index is 509. The van der Waals surface area contributed by atoms with Crippen LogP contribution in [-0.2, 0) is 9.59 Å². The number of rotatable bonds is 3. The predicted octanol–water partition coefficient (Wildman–Crippen LogP) is 1.62. The molecule has 0 bridgehead atoms. The zero-order valence-corrected chi connectivity index (χ0v) is 11.7. The van der Waals surface area contributed by atoms with Gasteiger partial charge in [0.1, 0.15) is 11.2 Å².